The topological polar surface area (TPSA) is 41.1 Å². The van der Waals surface area contributed by atoms with Crippen LogP contribution in [0.5, 0.6) is 0 Å². The number of nitrogens with one attached hydrogen (secondary N) is 2. The summed E-state index contributed by atoms with van der Waals surface area (Å²) in [6.07, 6.45) is 4.98. The summed E-state index contributed by atoms with van der Waals surface area (Å²) in [5.41, 5.74) is 4.18. The van der Waals surface area contributed by atoms with Gasteiger partial charge in [-0.3, -0.25) is 4.79 Å². The highest BCUT2D eigenvalue weighted by atomic mass is 16.1. The number of rotatable bonds is 5. The molecular weight excluding hydrogens is 248 g/mol. The average molecular weight is 274 g/mol. The van der Waals surface area contributed by atoms with Gasteiger partial charge in [0.2, 0.25) is 5.91 Å². The van der Waals surface area contributed by atoms with Crippen molar-refractivity contribution in [1.29, 1.82) is 0 Å². The second kappa shape index (κ2) is 6.89. The Hall–Kier alpha value is -1.35. The normalized spacial score (nSPS) is 17.1. The number of fused-ring (bicyclic) bond motifs is 1. The zero-order valence-corrected chi connectivity index (χ0v) is 12.8. The van der Waals surface area contributed by atoms with E-state index in [-0.39, 0.29) is 17.9 Å². The van der Waals surface area contributed by atoms with Crippen molar-refractivity contribution in [2.45, 2.75) is 45.6 Å². The summed E-state index contributed by atoms with van der Waals surface area (Å²) in [6.45, 7) is 4.72. The molecule has 1 aliphatic carbocycles. The molecule has 3 heteroatoms. The van der Waals surface area contributed by atoms with Gasteiger partial charge in [0, 0.05) is 12.5 Å². The van der Waals surface area contributed by atoms with Crippen molar-refractivity contribution >= 4 is 5.91 Å². The third-order valence-electron chi connectivity index (χ3n) is 4.19. The predicted octanol–water partition coefficient (Wildman–Crippen LogP) is 2.60. The molecule has 3 nitrogen and oxygen atoms in total. The Labute approximate surface area is 122 Å². The van der Waals surface area contributed by atoms with Crippen LogP contribution in [0.15, 0.2) is 18.2 Å². The van der Waals surface area contributed by atoms with Crippen molar-refractivity contribution in [3.8, 4) is 0 Å². The first-order chi connectivity index (χ1) is 9.61. The first kappa shape index (κ1) is 15.0. The Bertz CT molecular complexity index is 470. The van der Waals surface area contributed by atoms with Gasteiger partial charge in [0.05, 0.1) is 6.04 Å². The molecule has 110 valence electrons. The van der Waals surface area contributed by atoms with Crippen LogP contribution >= 0.6 is 0 Å². The zero-order valence-electron chi connectivity index (χ0n) is 12.8. The minimum Gasteiger partial charge on any atom is -0.349 e. The van der Waals surface area contributed by atoms with Gasteiger partial charge < -0.3 is 10.6 Å². The molecule has 0 saturated heterocycles. The van der Waals surface area contributed by atoms with Gasteiger partial charge in [0.25, 0.3) is 0 Å². The fourth-order valence-electron chi connectivity index (χ4n) is 2.86. The van der Waals surface area contributed by atoms with Gasteiger partial charge in [0.1, 0.15) is 0 Å². The van der Waals surface area contributed by atoms with Crippen molar-refractivity contribution in [2.24, 2.45) is 5.92 Å². The van der Waals surface area contributed by atoms with Crippen molar-refractivity contribution < 1.29 is 4.79 Å². The van der Waals surface area contributed by atoms with Gasteiger partial charge in [-0.05, 0) is 56.3 Å². The van der Waals surface area contributed by atoms with Crippen LogP contribution in [0.1, 0.15) is 49.4 Å². The molecule has 0 heterocycles. The molecule has 0 aromatic heterocycles. The van der Waals surface area contributed by atoms with E-state index in [2.05, 4.69) is 35.8 Å². The molecule has 2 atom stereocenters. The van der Waals surface area contributed by atoms with E-state index in [0.29, 0.717) is 6.54 Å². The molecule has 1 aromatic rings. The van der Waals surface area contributed by atoms with Crippen LogP contribution in [0.25, 0.3) is 0 Å². The summed E-state index contributed by atoms with van der Waals surface area (Å²) < 4.78 is 0. The molecule has 1 aliphatic rings. The van der Waals surface area contributed by atoms with E-state index in [1.54, 1.807) is 0 Å². The fraction of sp³-hybridized carbons (Fsp3) is 0.588. The Morgan fingerprint density at radius 1 is 1.20 bits per heavy atom. The maximum atomic E-state index is 12.1. The zero-order chi connectivity index (χ0) is 14.5. The van der Waals surface area contributed by atoms with Crippen molar-refractivity contribution in [3.63, 3.8) is 0 Å². The molecule has 0 bridgehead atoms. The van der Waals surface area contributed by atoms with Crippen molar-refractivity contribution in [1.82, 2.24) is 10.6 Å². The molecular formula is C17H26N2O. The maximum Gasteiger partial charge on any atom is 0.224 e. The van der Waals surface area contributed by atoms with Gasteiger partial charge in [0.15, 0.2) is 0 Å². The highest BCUT2D eigenvalue weighted by Crippen LogP contribution is 2.24. The van der Waals surface area contributed by atoms with E-state index >= 15 is 0 Å². The molecule has 0 aliphatic heterocycles. The monoisotopic (exact) mass is 274 g/mol. The first-order valence-electron chi connectivity index (χ1n) is 7.68. The lowest BCUT2D eigenvalue weighted by molar-refractivity contribution is -0.125. The molecule has 0 spiro atoms. The van der Waals surface area contributed by atoms with E-state index in [9.17, 15) is 4.79 Å². The maximum absolute atomic E-state index is 12.1. The highest BCUT2D eigenvalue weighted by Gasteiger charge is 2.17. The first-order valence-corrected chi connectivity index (χ1v) is 7.68. The Morgan fingerprint density at radius 3 is 2.60 bits per heavy atom. The van der Waals surface area contributed by atoms with Gasteiger partial charge in [-0.25, -0.2) is 0 Å². The molecule has 0 saturated carbocycles. The highest BCUT2D eigenvalue weighted by molar-refractivity contribution is 5.78. The quantitative estimate of drug-likeness (QED) is 0.866. The molecule has 2 N–H and O–H groups in total. The SMILES string of the molecule is CNCC(C)C(=O)NC(C)c1ccc2c(c1)CCCC2. The standard InChI is InChI=1S/C17H26N2O/c1-12(11-18-3)17(20)19-13(2)15-9-8-14-6-4-5-7-16(14)10-15/h8-10,12-13,18H,4-7,11H2,1-3H3,(H,19,20). The summed E-state index contributed by atoms with van der Waals surface area (Å²) >= 11 is 0. The molecule has 2 unspecified atom stereocenters. The Kier molecular flexibility index (Phi) is 5.18. The van der Waals surface area contributed by atoms with Crippen molar-refractivity contribution in [3.05, 3.63) is 34.9 Å². The number of carbonyl (C=O) groups excluding carboxylic acids is 1. The van der Waals surface area contributed by atoms with Gasteiger partial charge in [-0.2, -0.15) is 0 Å². The Morgan fingerprint density at radius 2 is 1.90 bits per heavy atom. The predicted molar refractivity (Wildman–Crippen MR) is 82.7 cm³/mol. The molecule has 0 radical (unpaired) electrons. The van der Waals surface area contributed by atoms with E-state index in [4.69, 9.17) is 0 Å². The number of benzene rings is 1. The fourth-order valence-corrected chi connectivity index (χ4v) is 2.86. The summed E-state index contributed by atoms with van der Waals surface area (Å²) in [5.74, 6) is 0.115. The van der Waals surface area contributed by atoms with E-state index < -0.39 is 0 Å². The number of aryl methyl sites for hydroxylation is 2. The van der Waals surface area contributed by atoms with Crippen LogP contribution < -0.4 is 10.6 Å². The lowest BCUT2D eigenvalue weighted by Gasteiger charge is -2.21. The van der Waals surface area contributed by atoms with E-state index in [1.807, 2.05) is 14.0 Å². The summed E-state index contributed by atoms with van der Waals surface area (Å²) in [4.78, 5) is 12.1. The Balaban J connectivity index is 2.02. The smallest absolute Gasteiger partial charge is 0.224 e. The van der Waals surface area contributed by atoms with Crippen LogP contribution in [0.2, 0.25) is 0 Å². The van der Waals surface area contributed by atoms with E-state index in [1.165, 1.54) is 42.4 Å². The third-order valence-corrected chi connectivity index (χ3v) is 4.19. The van der Waals surface area contributed by atoms with Crippen LogP contribution in [0.3, 0.4) is 0 Å². The lowest BCUT2D eigenvalue weighted by atomic mass is 9.89. The lowest BCUT2D eigenvalue weighted by Crippen LogP contribution is -2.35. The largest absolute Gasteiger partial charge is 0.349 e. The number of amides is 1. The summed E-state index contributed by atoms with van der Waals surface area (Å²) in [7, 11) is 1.87. The van der Waals surface area contributed by atoms with Crippen LogP contribution in [0, 0.1) is 5.92 Å². The third kappa shape index (κ3) is 3.60. The average Bonchev–Trinajstić information content (AvgIpc) is 2.46. The minimum atomic E-state index is 0.0000715. The molecule has 2 rings (SSSR count). The summed E-state index contributed by atoms with van der Waals surface area (Å²) in [5, 5.41) is 6.15. The van der Waals surface area contributed by atoms with Gasteiger partial charge in [-0.15, -0.1) is 0 Å². The second-order valence-electron chi connectivity index (χ2n) is 5.92. The molecule has 1 aromatic carbocycles. The van der Waals surface area contributed by atoms with Crippen LogP contribution in [-0.4, -0.2) is 19.5 Å². The number of carbonyl (C=O) groups is 1. The molecule has 0 fully saturated rings. The minimum absolute atomic E-state index is 0.0000715. The molecule has 20 heavy (non-hydrogen) atoms. The van der Waals surface area contributed by atoms with Crippen molar-refractivity contribution in [2.75, 3.05) is 13.6 Å². The molecule has 1 amide bonds. The second-order valence-corrected chi connectivity index (χ2v) is 5.92. The van der Waals surface area contributed by atoms with Crippen LogP contribution in [0.4, 0.5) is 0 Å². The van der Waals surface area contributed by atoms with Crippen LogP contribution in [-0.2, 0) is 17.6 Å². The summed E-state index contributed by atoms with van der Waals surface area (Å²) in [6, 6.07) is 6.76. The number of hydrogen-bond donors (Lipinski definition) is 2. The van der Waals surface area contributed by atoms with Gasteiger partial charge in [-0.1, -0.05) is 25.1 Å². The van der Waals surface area contributed by atoms with E-state index in [0.717, 1.165) is 0 Å². The van der Waals surface area contributed by atoms with Gasteiger partial charge >= 0.3 is 0 Å². The number of hydrogen-bond acceptors (Lipinski definition) is 2.